The van der Waals surface area contributed by atoms with Crippen molar-refractivity contribution >= 4 is 27.9 Å². The van der Waals surface area contributed by atoms with E-state index >= 15 is 0 Å². The van der Waals surface area contributed by atoms with Crippen molar-refractivity contribution < 1.29 is 0 Å². The Kier molecular flexibility index (Phi) is 2.47. The number of benzene rings is 1. The lowest BCUT2D eigenvalue weighted by Gasteiger charge is -2.07. The standard InChI is InChI=1S/C16H10ClN3/c17-16-3-1-2-13-14(9-18-10-15(13)16)11-5-7-20-12(8-11)4-6-19-20/h1-10H. The lowest BCUT2D eigenvalue weighted by atomic mass is 10.0. The molecule has 3 heterocycles. The Morgan fingerprint density at radius 3 is 2.90 bits per heavy atom. The molecule has 4 heteroatoms. The topological polar surface area (TPSA) is 30.2 Å². The molecule has 0 saturated heterocycles. The van der Waals surface area contributed by atoms with Gasteiger partial charge in [-0.2, -0.15) is 5.10 Å². The Hall–Kier alpha value is -2.39. The minimum atomic E-state index is 0.724. The van der Waals surface area contributed by atoms with E-state index in [1.54, 1.807) is 12.4 Å². The minimum absolute atomic E-state index is 0.724. The summed E-state index contributed by atoms with van der Waals surface area (Å²) in [5.74, 6) is 0. The van der Waals surface area contributed by atoms with Crippen molar-refractivity contribution in [3.8, 4) is 11.1 Å². The summed E-state index contributed by atoms with van der Waals surface area (Å²) in [6.45, 7) is 0. The molecule has 0 aliphatic carbocycles. The van der Waals surface area contributed by atoms with Crippen molar-refractivity contribution in [1.29, 1.82) is 0 Å². The van der Waals surface area contributed by atoms with Gasteiger partial charge in [0.15, 0.2) is 0 Å². The fourth-order valence-corrected chi connectivity index (χ4v) is 2.70. The van der Waals surface area contributed by atoms with Crippen LogP contribution >= 0.6 is 11.6 Å². The van der Waals surface area contributed by atoms with Gasteiger partial charge in [0.1, 0.15) is 0 Å². The van der Waals surface area contributed by atoms with Crippen molar-refractivity contribution in [1.82, 2.24) is 14.6 Å². The van der Waals surface area contributed by atoms with E-state index in [1.165, 1.54) is 0 Å². The molecule has 3 nitrogen and oxygen atoms in total. The molecule has 4 rings (SSSR count). The van der Waals surface area contributed by atoms with Gasteiger partial charge >= 0.3 is 0 Å². The van der Waals surface area contributed by atoms with E-state index in [2.05, 4.69) is 22.2 Å². The van der Waals surface area contributed by atoms with E-state index in [9.17, 15) is 0 Å². The fraction of sp³-hybridized carbons (Fsp3) is 0. The summed E-state index contributed by atoms with van der Waals surface area (Å²) < 4.78 is 1.84. The molecular formula is C16H10ClN3. The molecule has 3 aromatic heterocycles. The first-order chi connectivity index (χ1) is 9.83. The summed E-state index contributed by atoms with van der Waals surface area (Å²) in [4.78, 5) is 4.31. The molecule has 0 aliphatic heterocycles. The van der Waals surface area contributed by atoms with Crippen LogP contribution < -0.4 is 0 Å². The molecule has 1 aromatic carbocycles. The second-order valence-electron chi connectivity index (χ2n) is 4.64. The Morgan fingerprint density at radius 1 is 1.00 bits per heavy atom. The van der Waals surface area contributed by atoms with Gasteiger partial charge in [0.05, 0.1) is 5.52 Å². The van der Waals surface area contributed by atoms with E-state index in [-0.39, 0.29) is 0 Å². The predicted molar refractivity (Wildman–Crippen MR) is 80.9 cm³/mol. The average molecular weight is 280 g/mol. The van der Waals surface area contributed by atoms with Crippen LogP contribution in [0.3, 0.4) is 0 Å². The van der Waals surface area contributed by atoms with E-state index in [1.807, 2.05) is 41.2 Å². The molecule has 0 aliphatic rings. The first-order valence-corrected chi connectivity index (χ1v) is 6.67. The van der Waals surface area contributed by atoms with Crippen LogP contribution in [0.4, 0.5) is 0 Å². The van der Waals surface area contributed by atoms with Gasteiger partial charge in [-0.15, -0.1) is 0 Å². The summed E-state index contributed by atoms with van der Waals surface area (Å²) in [5, 5.41) is 7.01. The van der Waals surface area contributed by atoms with Crippen LogP contribution in [0, 0.1) is 0 Å². The van der Waals surface area contributed by atoms with Crippen LogP contribution in [0.15, 0.2) is 61.2 Å². The highest BCUT2D eigenvalue weighted by Gasteiger charge is 2.07. The monoisotopic (exact) mass is 279 g/mol. The molecule has 4 aromatic rings. The SMILES string of the molecule is Clc1cccc2c(-c3ccn4nccc4c3)cncc12. The number of hydrogen-bond acceptors (Lipinski definition) is 2. The molecule has 0 bridgehead atoms. The molecule has 0 N–H and O–H groups in total. The number of fused-ring (bicyclic) bond motifs is 2. The number of aromatic nitrogens is 3. The highest BCUT2D eigenvalue weighted by atomic mass is 35.5. The molecule has 0 atom stereocenters. The predicted octanol–water partition coefficient (Wildman–Crippen LogP) is 4.20. The number of hydrogen-bond donors (Lipinski definition) is 0. The summed E-state index contributed by atoms with van der Waals surface area (Å²) >= 11 is 6.24. The zero-order valence-corrected chi connectivity index (χ0v) is 11.2. The summed E-state index contributed by atoms with van der Waals surface area (Å²) in [5.41, 5.74) is 3.24. The smallest absolute Gasteiger partial charge is 0.0667 e. The van der Waals surface area contributed by atoms with Gasteiger partial charge < -0.3 is 0 Å². The number of rotatable bonds is 1. The molecule has 0 amide bonds. The number of nitrogens with zero attached hydrogens (tertiary/aromatic N) is 3. The Balaban J connectivity index is 2.04. The van der Waals surface area contributed by atoms with Crippen LogP contribution in [-0.4, -0.2) is 14.6 Å². The van der Waals surface area contributed by atoms with Gasteiger partial charge in [0, 0.05) is 40.8 Å². The van der Waals surface area contributed by atoms with Crippen molar-refractivity contribution in [3.05, 3.63) is 66.2 Å². The Bertz CT molecular complexity index is 927. The summed E-state index contributed by atoms with van der Waals surface area (Å²) in [6.07, 6.45) is 7.42. The van der Waals surface area contributed by atoms with Crippen molar-refractivity contribution in [3.63, 3.8) is 0 Å². The maximum atomic E-state index is 6.24. The second-order valence-corrected chi connectivity index (χ2v) is 5.05. The minimum Gasteiger partial charge on any atom is -0.263 e. The number of pyridine rings is 2. The normalized spacial score (nSPS) is 11.2. The Labute approximate surface area is 120 Å². The van der Waals surface area contributed by atoms with Crippen LogP contribution in [0.1, 0.15) is 0 Å². The van der Waals surface area contributed by atoms with Crippen LogP contribution in [0.2, 0.25) is 5.02 Å². The lowest BCUT2D eigenvalue weighted by molar-refractivity contribution is 0.962. The zero-order valence-electron chi connectivity index (χ0n) is 10.5. The van der Waals surface area contributed by atoms with Crippen LogP contribution in [-0.2, 0) is 0 Å². The first-order valence-electron chi connectivity index (χ1n) is 6.29. The maximum absolute atomic E-state index is 6.24. The van der Waals surface area contributed by atoms with Gasteiger partial charge in [-0.25, -0.2) is 4.52 Å². The number of halogens is 1. The highest BCUT2D eigenvalue weighted by Crippen LogP contribution is 2.31. The molecule has 0 saturated carbocycles. The Morgan fingerprint density at radius 2 is 1.95 bits per heavy atom. The van der Waals surface area contributed by atoms with Crippen molar-refractivity contribution in [2.75, 3.05) is 0 Å². The van der Waals surface area contributed by atoms with Crippen LogP contribution in [0.25, 0.3) is 27.4 Å². The zero-order chi connectivity index (χ0) is 13.5. The second kappa shape index (κ2) is 4.32. The largest absolute Gasteiger partial charge is 0.263 e. The van der Waals surface area contributed by atoms with Gasteiger partial charge in [-0.05, 0) is 35.2 Å². The third-order valence-corrected chi connectivity index (χ3v) is 3.79. The van der Waals surface area contributed by atoms with Crippen molar-refractivity contribution in [2.45, 2.75) is 0 Å². The van der Waals surface area contributed by atoms with Gasteiger partial charge in [-0.3, -0.25) is 4.98 Å². The molecule has 20 heavy (non-hydrogen) atoms. The molecule has 0 unspecified atom stereocenters. The van der Waals surface area contributed by atoms with Crippen molar-refractivity contribution in [2.24, 2.45) is 0 Å². The third-order valence-electron chi connectivity index (χ3n) is 3.46. The molecule has 0 radical (unpaired) electrons. The summed E-state index contributed by atoms with van der Waals surface area (Å²) in [7, 11) is 0. The molecule has 0 spiro atoms. The van der Waals surface area contributed by atoms with E-state index < -0.39 is 0 Å². The quantitative estimate of drug-likeness (QED) is 0.523. The highest BCUT2D eigenvalue weighted by molar-refractivity contribution is 6.35. The van der Waals surface area contributed by atoms with Gasteiger partial charge in [0.25, 0.3) is 0 Å². The average Bonchev–Trinajstić information content (AvgIpc) is 2.94. The molecular weight excluding hydrogens is 270 g/mol. The fourth-order valence-electron chi connectivity index (χ4n) is 2.48. The van der Waals surface area contributed by atoms with Crippen LogP contribution in [0.5, 0.6) is 0 Å². The third kappa shape index (κ3) is 1.67. The maximum Gasteiger partial charge on any atom is 0.0667 e. The lowest BCUT2D eigenvalue weighted by Crippen LogP contribution is -1.88. The van der Waals surface area contributed by atoms with E-state index in [0.717, 1.165) is 32.4 Å². The van der Waals surface area contributed by atoms with Gasteiger partial charge in [-0.1, -0.05) is 23.7 Å². The summed E-state index contributed by atoms with van der Waals surface area (Å²) in [6, 6.07) is 12.0. The van der Waals surface area contributed by atoms with E-state index in [4.69, 9.17) is 11.6 Å². The molecule has 96 valence electrons. The molecule has 0 fully saturated rings. The van der Waals surface area contributed by atoms with Gasteiger partial charge in [0.2, 0.25) is 0 Å². The first kappa shape index (κ1) is 11.4. The van der Waals surface area contributed by atoms with E-state index in [0.29, 0.717) is 0 Å².